The summed E-state index contributed by atoms with van der Waals surface area (Å²) in [5.41, 5.74) is 2.60. The van der Waals surface area contributed by atoms with Gasteiger partial charge in [-0.25, -0.2) is 0 Å². The minimum Gasteiger partial charge on any atom is -0.489 e. The van der Waals surface area contributed by atoms with E-state index in [1.807, 2.05) is 12.1 Å². The summed E-state index contributed by atoms with van der Waals surface area (Å²) >= 11 is 0. The van der Waals surface area contributed by atoms with Crippen LogP contribution in [-0.2, 0) is 11.3 Å². The van der Waals surface area contributed by atoms with Crippen LogP contribution in [0.1, 0.15) is 30.7 Å². The molecule has 2 saturated heterocycles. The molecule has 4 rings (SSSR count). The van der Waals surface area contributed by atoms with Gasteiger partial charge in [0.2, 0.25) is 0 Å². The SMILES string of the molecule is Cc1cccc(CN2CCC3(CC2)COC(COc2cccnc2)C3)n1. The van der Waals surface area contributed by atoms with Crippen LogP contribution in [0.3, 0.4) is 0 Å². The van der Waals surface area contributed by atoms with Crippen molar-refractivity contribution in [2.45, 2.75) is 38.8 Å². The van der Waals surface area contributed by atoms with Crippen molar-refractivity contribution >= 4 is 0 Å². The molecule has 0 aliphatic carbocycles. The van der Waals surface area contributed by atoms with Gasteiger partial charge < -0.3 is 9.47 Å². The van der Waals surface area contributed by atoms with Gasteiger partial charge in [-0.2, -0.15) is 0 Å². The van der Waals surface area contributed by atoms with Crippen molar-refractivity contribution in [1.82, 2.24) is 14.9 Å². The molecule has 2 fully saturated rings. The fraction of sp³-hybridized carbons (Fsp3) is 0.524. The van der Waals surface area contributed by atoms with E-state index < -0.39 is 0 Å². The highest BCUT2D eigenvalue weighted by Crippen LogP contribution is 2.42. The predicted octanol–water partition coefficient (Wildman–Crippen LogP) is 3.24. The summed E-state index contributed by atoms with van der Waals surface area (Å²) in [5, 5.41) is 0. The van der Waals surface area contributed by atoms with E-state index >= 15 is 0 Å². The summed E-state index contributed by atoms with van der Waals surface area (Å²) in [6, 6.07) is 10.1. The Labute approximate surface area is 155 Å². The second kappa shape index (κ2) is 7.72. The Kier molecular flexibility index (Phi) is 5.18. The van der Waals surface area contributed by atoms with Gasteiger partial charge in [-0.15, -0.1) is 0 Å². The van der Waals surface area contributed by atoms with Gasteiger partial charge in [0, 0.05) is 18.4 Å². The van der Waals surface area contributed by atoms with E-state index in [0.29, 0.717) is 12.0 Å². The lowest BCUT2D eigenvalue weighted by atomic mass is 9.76. The maximum atomic E-state index is 6.06. The van der Waals surface area contributed by atoms with Gasteiger partial charge in [-0.05, 0) is 69.0 Å². The van der Waals surface area contributed by atoms with E-state index in [-0.39, 0.29) is 6.10 Å². The maximum absolute atomic E-state index is 6.06. The minimum absolute atomic E-state index is 0.195. The zero-order chi connectivity index (χ0) is 17.8. The number of piperidine rings is 1. The smallest absolute Gasteiger partial charge is 0.137 e. The third kappa shape index (κ3) is 4.22. The molecule has 2 aliphatic heterocycles. The molecule has 1 unspecified atom stereocenters. The molecule has 0 bridgehead atoms. The Balaban J connectivity index is 1.25. The van der Waals surface area contributed by atoms with Gasteiger partial charge in [0.25, 0.3) is 0 Å². The monoisotopic (exact) mass is 353 g/mol. The van der Waals surface area contributed by atoms with E-state index in [1.54, 1.807) is 12.4 Å². The minimum atomic E-state index is 0.195. The predicted molar refractivity (Wildman–Crippen MR) is 100 cm³/mol. The van der Waals surface area contributed by atoms with Gasteiger partial charge in [0.1, 0.15) is 12.4 Å². The number of pyridine rings is 2. The Morgan fingerprint density at radius 1 is 1.23 bits per heavy atom. The van der Waals surface area contributed by atoms with Crippen LogP contribution < -0.4 is 4.74 Å². The molecule has 138 valence electrons. The molecular formula is C21H27N3O2. The van der Waals surface area contributed by atoms with E-state index in [0.717, 1.165) is 44.1 Å². The van der Waals surface area contributed by atoms with Crippen molar-refractivity contribution in [2.75, 3.05) is 26.3 Å². The van der Waals surface area contributed by atoms with Crippen LogP contribution in [0.5, 0.6) is 5.75 Å². The van der Waals surface area contributed by atoms with Gasteiger partial charge in [-0.1, -0.05) is 6.07 Å². The lowest BCUT2D eigenvalue weighted by Crippen LogP contribution is -2.40. The van der Waals surface area contributed by atoms with Crippen molar-refractivity contribution in [2.24, 2.45) is 5.41 Å². The third-order valence-electron chi connectivity index (χ3n) is 5.60. The normalized spacial score (nSPS) is 22.6. The van der Waals surface area contributed by atoms with Gasteiger partial charge in [-0.3, -0.25) is 14.9 Å². The molecule has 0 saturated carbocycles. The topological polar surface area (TPSA) is 47.5 Å². The zero-order valence-electron chi connectivity index (χ0n) is 15.4. The Morgan fingerprint density at radius 3 is 2.88 bits per heavy atom. The van der Waals surface area contributed by atoms with Crippen LogP contribution in [0.2, 0.25) is 0 Å². The molecule has 26 heavy (non-hydrogen) atoms. The molecule has 0 amide bonds. The molecule has 5 heteroatoms. The van der Waals surface area contributed by atoms with E-state index in [9.17, 15) is 0 Å². The highest BCUT2D eigenvalue weighted by atomic mass is 16.5. The second-order valence-corrected chi connectivity index (χ2v) is 7.68. The zero-order valence-corrected chi connectivity index (χ0v) is 15.4. The molecule has 5 nitrogen and oxygen atoms in total. The molecule has 0 radical (unpaired) electrons. The molecule has 1 atom stereocenters. The van der Waals surface area contributed by atoms with Crippen LogP contribution >= 0.6 is 0 Å². The van der Waals surface area contributed by atoms with Crippen LogP contribution in [0.15, 0.2) is 42.7 Å². The van der Waals surface area contributed by atoms with Crippen molar-refractivity contribution in [3.05, 3.63) is 54.1 Å². The van der Waals surface area contributed by atoms with Gasteiger partial charge in [0.15, 0.2) is 0 Å². The number of aryl methyl sites for hydroxylation is 1. The number of aromatic nitrogens is 2. The van der Waals surface area contributed by atoms with Crippen LogP contribution in [0, 0.1) is 12.3 Å². The maximum Gasteiger partial charge on any atom is 0.137 e. The quantitative estimate of drug-likeness (QED) is 0.826. The first kappa shape index (κ1) is 17.4. The number of hydrogen-bond donors (Lipinski definition) is 0. The second-order valence-electron chi connectivity index (χ2n) is 7.68. The molecule has 2 aromatic heterocycles. The Bertz CT molecular complexity index is 714. The van der Waals surface area contributed by atoms with Crippen LogP contribution in [-0.4, -0.2) is 47.3 Å². The summed E-state index contributed by atoms with van der Waals surface area (Å²) in [6.45, 7) is 6.73. The Morgan fingerprint density at radius 2 is 2.12 bits per heavy atom. The number of rotatable bonds is 5. The fourth-order valence-electron chi connectivity index (χ4n) is 4.07. The summed E-state index contributed by atoms with van der Waals surface area (Å²) in [6.07, 6.45) is 7.20. The largest absolute Gasteiger partial charge is 0.489 e. The number of ether oxygens (including phenoxy) is 2. The summed E-state index contributed by atoms with van der Waals surface area (Å²) < 4.78 is 11.9. The van der Waals surface area contributed by atoms with E-state index in [4.69, 9.17) is 9.47 Å². The fourth-order valence-corrected chi connectivity index (χ4v) is 4.07. The van der Waals surface area contributed by atoms with Crippen molar-refractivity contribution in [3.8, 4) is 5.75 Å². The summed E-state index contributed by atoms with van der Waals surface area (Å²) in [5.74, 6) is 0.817. The lowest BCUT2D eigenvalue weighted by Gasteiger charge is -2.38. The summed E-state index contributed by atoms with van der Waals surface area (Å²) in [4.78, 5) is 11.2. The lowest BCUT2D eigenvalue weighted by molar-refractivity contribution is 0.0468. The van der Waals surface area contributed by atoms with Gasteiger partial charge >= 0.3 is 0 Å². The highest BCUT2D eigenvalue weighted by Gasteiger charge is 2.42. The van der Waals surface area contributed by atoms with E-state index in [1.165, 1.54) is 18.5 Å². The van der Waals surface area contributed by atoms with Crippen molar-refractivity contribution in [3.63, 3.8) is 0 Å². The van der Waals surface area contributed by atoms with Crippen LogP contribution in [0.25, 0.3) is 0 Å². The first-order chi connectivity index (χ1) is 12.7. The molecule has 0 N–H and O–H groups in total. The van der Waals surface area contributed by atoms with Crippen LogP contribution in [0.4, 0.5) is 0 Å². The van der Waals surface area contributed by atoms with Crippen molar-refractivity contribution in [1.29, 1.82) is 0 Å². The first-order valence-electron chi connectivity index (χ1n) is 9.50. The molecule has 2 aliphatic rings. The molecule has 0 aromatic carbocycles. The number of likely N-dealkylation sites (tertiary alicyclic amines) is 1. The van der Waals surface area contributed by atoms with Gasteiger partial charge in [0.05, 0.1) is 24.6 Å². The summed E-state index contributed by atoms with van der Waals surface area (Å²) in [7, 11) is 0. The third-order valence-corrected chi connectivity index (χ3v) is 5.60. The van der Waals surface area contributed by atoms with E-state index in [2.05, 4.69) is 40.0 Å². The molecule has 1 spiro atoms. The average Bonchev–Trinajstić information content (AvgIpc) is 3.06. The molecule has 2 aromatic rings. The first-order valence-corrected chi connectivity index (χ1v) is 9.50. The molecule has 4 heterocycles. The number of nitrogens with zero attached hydrogens (tertiary/aromatic N) is 3. The van der Waals surface area contributed by atoms with Crippen molar-refractivity contribution < 1.29 is 9.47 Å². The average molecular weight is 353 g/mol. The molecular weight excluding hydrogens is 326 g/mol. The Hall–Kier alpha value is -1.98. The standard InChI is InChI=1S/C21H27N3O2/c1-17-4-2-5-18(23-17)14-24-10-7-21(8-11-24)12-20(26-16-21)15-25-19-6-3-9-22-13-19/h2-6,9,13,20H,7-8,10-12,14-16H2,1H3. The highest BCUT2D eigenvalue weighted by molar-refractivity contribution is 5.15. The number of hydrogen-bond acceptors (Lipinski definition) is 5.